The minimum absolute atomic E-state index is 0.0172. The number of esters is 1. The number of ether oxygens (including phenoxy) is 3. The normalized spacial score (nSPS) is 51.3. The van der Waals surface area contributed by atoms with E-state index in [-0.39, 0.29) is 64.7 Å². The molecule has 0 aromatic rings. The third-order valence-electron chi connectivity index (χ3n) is 14.3. The van der Waals surface area contributed by atoms with E-state index in [1.807, 2.05) is 6.92 Å². The average molecular weight is 621 g/mol. The molecule has 5 saturated carbocycles. The lowest BCUT2D eigenvalue weighted by Gasteiger charge is -2.64. The molecule has 5 aliphatic carbocycles. The molecular weight excluding hydrogens is 568 g/mol. The monoisotopic (exact) mass is 620 g/mol. The summed E-state index contributed by atoms with van der Waals surface area (Å²) in [6.07, 6.45) is 0.293. The molecule has 10 nitrogen and oxygen atoms in total. The highest BCUT2D eigenvalue weighted by molar-refractivity contribution is 5.88. The molecule has 0 unspecified atom stereocenters. The van der Waals surface area contributed by atoms with Gasteiger partial charge in [0.05, 0.1) is 12.7 Å². The fraction of sp³-hybridized carbons (Fsp3) is 0.912. The molecule has 0 amide bonds. The third kappa shape index (κ3) is 4.23. The first-order valence-corrected chi connectivity index (χ1v) is 16.6. The SMILES string of the molecule is CC(=O)O[C@@H]1C[C@@]23C[C@@]24CC[C@H](O[C@@H]2OC[C@H](O)[C@H](O)[C@H]2O)C(C)(C)[C@@H]4CC[C@H]3[C@]2(C)CC(=O)[C@H]([C@H](C)CC(=O)CO)[C@@]12C. The van der Waals surface area contributed by atoms with Crippen LogP contribution in [0.3, 0.4) is 0 Å². The Balaban J connectivity index is 1.31. The summed E-state index contributed by atoms with van der Waals surface area (Å²) in [5, 5.41) is 40.2. The summed E-state index contributed by atoms with van der Waals surface area (Å²) in [6.45, 7) is 11.5. The Kier molecular flexibility index (Phi) is 7.79. The van der Waals surface area contributed by atoms with Gasteiger partial charge >= 0.3 is 5.97 Å². The van der Waals surface area contributed by atoms with E-state index in [0.717, 1.165) is 32.1 Å². The predicted octanol–water partition coefficient (Wildman–Crippen LogP) is 2.56. The van der Waals surface area contributed by atoms with E-state index in [9.17, 15) is 34.8 Å². The molecule has 0 aromatic carbocycles. The molecule has 0 bridgehead atoms. The molecular formula is C34H52O10. The minimum atomic E-state index is -1.34. The first kappa shape index (κ1) is 32.5. The van der Waals surface area contributed by atoms with Crippen molar-refractivity contribution in [3.05, 3.63) is 0 Å². The van der Waals surface area contributed by atoms with E-state index in [1.165, 1.54) is 6.92 Å². The zero-order valence-corrected chi connectivity index (χ0v) is 27.1. The van der Waals surface area contributed by atoms with E-state index in [2.05, 4.69) is 27.7 Å². The number of carbonyl (C=O) groups is 3. The smallest absolute Gasteiger partial charge is 0.302 e. The highest BCUT2D eigenvalue weighted by Crippen LogP contribution is 2.89. The van der Waals surface area contributed by atoms with Crippen LogP contribution in [0.15, 0.2) is 0 Å². The van der Waals surface area contributed by atoms with Crippen LogP contribution in [0.2, 0.25) is 0 Å². The van der Waals surface area contributed by atoms with Crippen molar-refractivity contribution in [2.45, 2.75) is 130 Å². The lowest BCUT2D eigenvalue weighted by Crippen LogP contribution is -2.63. The van der Waals surface area contributed by atoms with Crippen molar-refractivity contribution < 1.29 is 49.0 Å². The Morgan fingerprint density at radius 3 is 2.34 bits per heavy atom. The van der Waals surface area contributed by atoms with Gasteiger partial charge in [0, 0.05) is 31.1 Å². The molecule has 1 saturated heterocycles. The maximum atomic E-state index is 14.0. The Hall–Kier alpha value is -1.43. The second kappa shape index (κ2) is 10.5. The van der Waals surface area contributed by atoms with Gasteiger partial charge in [-0.15, -0.1) is 0 Å². The molecule has 44 heavy (non-hydrogen) atoms. The van der Waals surface area contributed by atoms with Crippen molar-refractivity contribution in [3.8, 4) is 0 Å². The van der Waals surface area contributed by atoms with Crippen molar-refractivity contribution in [1.82, 2.24) is 0 Å². The van der Waals surface area contributed by atoms with Gasteiger partial charge in [0.15, 0.2) is 12.1 Å². The van der Waals surface area contributed by atoms with Gasteiger partial charge in [0.2, 0.25) is 0 Å². The fourth-order valence-corrected chi connectivity index (χ4v) is 12.4. The van der Waals surface area contributed by atoms with Gasteiger partial charge in [-0.3, -0.25) is 14.4 Å². The van der Waals surface area contributed by atoms with Crippen LogP contribution in [0.1, 0.15) is 92.9 Å². The van der Waals surface area contributed by atoms with Gasteiger partial charge in [-0.05, 0) is 77.9 Å². The van der Waals surface area contributed by atoms with Gasteiger partial charge in [0.1, 0.15) is 36.8 Å². The maximum Gasteiger partial charge on any atom is 0.302 e. The molecule has 0 aromatic heterocycles. The zero-order chi connectivity index (χ0) is 32.2. The molecule has 14 atom stereocenters. The number of Topliss-reactive ketones (excluding diaryl/α,β-unsaturated/α-hetero) is 2. The molecule has 2 spiro atoms. The molecule has 6 aliphatic rings. The van der Waals surface area contributed by atoms with E-state index >= 15 is 0 Å². The van der Waals surface area contributed by atoms with Gasteiger partial charge in [-0.2, -0.15) is 0 Å². The Bertz CT molecular complexity index is 1200. The van der Waals surface area contributed by atoms with Crippen molar-refractivity contribution in [1.29, 1.82) is 0 Å². The van der Waals surface area contributed by atoms with E-state index in [4.69, 9.17) is 14.2 Å². The molecule has 6 rings (SSSR count). The highest BCUT2D eigenvalue weighted by atomic mass is 16.7. The largest absolute Gasteiger partial charge is 0.462 e. The summed E-state index contributed by atoms with van der Waals surface area (Å²) in [7, 11) is 0. The molecule has 248 valence electrons. The number of hydrogen-bond acceptors (Lipinski definition) is 10. The van der Waals surface area contributed by atoms with Crippen LogP contribution in [-0.2, 0) is 28.6 Å². The average Bonchev–Trinajstić information content (AvgIpc) is 3.53. The minimum Gasteiger partial charge on any atom is -0.462 e. The summed E-state index contributed by atoms with van der Waals surface area (Å²) < 4.78 is 18.2. The molecule has 0 radical (unpaired) electrons. The molecule has 1 aliphatic heterocycles. The number of ketones is 2. The summed E-state index contributed by atoms with van der Waals surface area (Å²) in [6, 6.07) is 0. The predicted molar refractivity (Wildman–Crippen MR) is 157 cm³/mol. The molecule has 1 heterocycles. The quantitative estimate of drug-likeness (QED) is 0.246. The van der Waals surface area contributed by atoms with Crippen LogP contribution >= 0.6 is 0 Å². The summed E-state index contributed by atoms with van der Waals surface area (Å²) in [5.41, 5.74) is -1.38. The Morgan fingerprint density at radius 2 is 1.68 bits per heavy atom. The Labute approximate surface area is 260 Å². The molecule has 4 N–H and O–H groups in total. The lowest BCUT2D eigenvalue weighted by atomic mass is 9.41. The van der Waals surface area contributed by atoms with Gasteiger partial charge < -0.3 is 34.6 Å². The number of aliphatic hydroxyl groups is 4. The Morgan fingerprint density at radius 1 is 1.00 bits per heavy atom. The number of carbonyl (C=O) groups excluding carboxylic acids is 3. The number of fused-ring (bicyclic) bond motifs is 2. The zero-order valence-electron chi connectivity index (χ0n) is 27.1. The van der Waals surface area contributed by atoms with Crippen LogP contribution in [0.5, 0.6) is 0 Å². The summed E-state index contributed by atoms with van der Waals surface area (Å²) in [4.78, 5) is 38.9. The van der Waals surface area contributed by atoms with E-state index in [1.54, 1.807) is 0 Å². The van der Waals surface area contributed by atoms with E-state index < -0.39 is 54.1 Å². The lowest BCUT2D eigenvalue weighted by molar-refractivity contribution is -0.303. The summed E-state index contributed by atoms with van der Waals surface area (Å²) in [5.74, 6) is -0.632. The first-order valence-electron chi connectivity index (χ1n) is 16.6. The fourth-order valence-electron chi connectivity index (χ4n) is 12.4. The van der Waals surface area contributed by atoms with Crippen LogP contribution in [0.25, 0.3) is 0 Å². The van der Waals surface area contributed by atoms with Crippen LogP contribution in [0.4, 0.5) is 0 Å². The maximum absolute atomic E-state index is 14.0. The topological polar surface area (TPSA) is 160 Å². The van der Waals surface area contributed by atoms with Crippen LogP contribution < -0.4 is 0 Å². The van der Waals surface area contributed by atoms with E-state index in [0.29, 0.717) is 18.8 Å². The van der Waals surface area contributed by atoms with Crippen LogP contribution in [-0.4, -0.2) is 88.0 Å². The second-order valence-corrected chi connectivity index (χ2v) is 16.4. The summed E-state index contributed by atoms with van der Waals surface area (Å²) >= 11 is 0. The van der Waals surface area contributed by atoms with Crippen molar-refractivity contribution >= 4 is 17.5 Å². The highest BCUT2D eigenvalue weighted by Gasteiger charge is 2.85. The molecule has 6 fully saturated rings. The number of rotatable bonds is 7. The van der Waals surface area contributed by atoms with Gasteiger partial charge in [0.25, 0.3) is 0 Å². The van der Waals surface area contributed by atoms with Crippen LogP contribution in [0, 0.1) is 50.7 Å². The van der Waals surface area contributed by atoms with Crippen molar-refractivity contribution in [3.63, 3.8) is 0 Å². The standard InChI is InChI=1S/C34H52O10/c1-17(11-19(37)14-35)26-20(38)12-31(5)23-8-7-22-30(3,4)24(44-29-28(41)27(40)21(39)15-42-29)9-10-33(22)16-34(23,33)13-25(32(26,31)6)43-18(2)36/h17,21-29,35,39-41H,7-16H2,1-6H3/t17-,21+,22+,23+,24+,25-,26+,27+,28-,29+,31+,32-,33-,34+/m1/s1. The van der Waals surface area contributed by atoms with Gasteiger partial charge in [-0.25, -0.2) is 0 Å². The number of hydrogen-bond donors (Lipinski definition) is 4. The van der Waals surface area contributed by atoms with Gasteiger partial charge in [-0.1, -0.05) is 34.6 Å². The van der Waals surface area contributed by atoms with Crippen molar-refractivity contribution in [2.24, 2.45) is 50.7 Å². The second-order valence-electron chi connectivity index (χ2n) is 16.4. The molecule has 10 heteroatoms. The van der Waals surface area contributed by atoms with Crippen molar-refractivity contribution in [2.75, 3.05) is 13.2 Å². The third-order valence-corrected chi connectivity index (χ3v) is 14.3. The first-order chi connectivity index (χ1) is 20.5. The number of aliphatic hydroxyl groups excluding tert-OH is 4.